The lowest BCUT2D eigenvalue weighted by atomic mass is 10.1. The van der Waals surface area contributed by atoms with Gasteiger partial charge in [-0.3, -0.25) is 20.0 Å². The van der Waals surface area contributed by atoms with Gasteiger partial charge in [-0.25, -0.2) is 0 Å². The van der Waals surface area contributed by atoms with E-state index in [0.29, 0.717) is 16.9 Å². The number of non-ortho nitro benzene ring substituents is 1. The van der Waals surface area contributed by atoms with E-state index in [0.717, 1.165) is 37.6 Å². The maximum atomic E-state index is 11.3. The predicted molar refractivity (Wildman–Crippen MR) is 114 cm³/mol. The number of pyridine rings is 1. The van der Waals surface area contributed by atoms with Crippen molar-refractivity contribution in [3.63, 3.8) is 0 Å². The smallest absolute Gasteiger partial charge is 0.278 e. The molecule has 1 unspecified atom stereocenters. The number of hydrogen-bond acceptors (Lipinski definition) is 6. The standard InChI is InChI=1S/C22H24N4O3/c1-16(17-5-3-6-18(15-17)29-2)24-11-13-25(14-12-24)21-9-8-20(26(27)28)19-7-4-10-23-22(19)21/h3-10,15-16H,11-14H2,1-2H3. The van der Waals surface area contributed by atoms with E-state index in [-0.39, 0.29) is 10.6 Å². The van der Waals surface area contributed by atoms with Crippen LogP contribution in [-0.4, -0.2) is 48.1 Å². The number of methoxy groups -OCH3 is 1. The second-order valence-electron chi connectivity index (χ2n) is 7.24. The van der Waals surface area contributed by atoms with Crippen molar-refractivity contribution in [1.82, 2.24) is 9.88 Å². The Morgan fingerprint density at radius 2 is 1.90 bits per heavy atom. The average molecular weight is 392 g/mol. The Bertz CT molecular complexity index is 1030. The van der Waals surface area contributed by atoms with E-state index < -0.39 is 0 Å². The molecule has 29 heavy (non-hydrogen) atoms. The summed E-state index contributed by atoms with van der Waals surface area (Å²) in [6, 6.07) is 15.4. The number of benzene rings is 2. The van der Waals surface area contributed by atoms with E-state index >= 15 is 0 Å². The number of hydrogen-bond donors (Lipinski definition) is 0. The van der Waals surface area contributed by atoms with Gasteiger partial charge in [0.2, 0.25) is 0 Å². The molecule has 0 spiro atoms. The molecule has 2 heterocycles. The fourth-order valence-corrected chi connectivity index (χ4v) is 4.02. The number of fused-ring (bicyclic) bond motifs is 1. The second kappa shape index (κ2) is 8.05. The van der Waals surface area contributed by atoms with Crippen LogP contribution in [0.4, 0.5) is 11.4 Å². The molecule has 0 bridgehead atoms. The van der Waals surface area contributed by atoms with Crippen LogP contribution in [0.2, 0.25) is 0 Å². The second-order valence-corrected chi connectivity index (χ2v) is 7.24. The number of anilines is 1. The van der Waals surface area contributed by atoms with Crippen LogP contribution in [0.5, 0.6) is 5.75 Å². The highest BCUT2D eigenvalue weighted by Crippen LogP contribution is 2.33. The molecule has 4 rings (SSSR count). The Morgan fingerprint density at radius 1 is 1.10 bits per heavy atom. The first-order valence-electron chi connectivity index (χ1n) is 9.73. The number of ether oxygens (including phenoxy) is 1. The first-order chi connectivity index (χ1) is 14.1. The molecule has 1 aromatic heterocycles. The minimum atomic E-state index is -0.346. The zero-order valence-corrected chi connectivity index (χ0v) is 16.6. The molecule has 150 valence electrons. The highest BCUT2D eigenvalue weighted by atomic mass is 16.6. The van der Waals surface area contributed by atoms with E-state index in [1.54, 1.807) is 31.5 Å². The van der Waals surface area contributed by atoms with Gasteiger partial charge in [0.25, 0.3) is 5.69 Å². The van der Waals surface area contributed by atoms with Gasteiger partial charge >= 0.3 is 0 Å². The van der Waals surface area contributed by atoms with E-state index in [1.165, 1.54) is 5.56 Å². The Hall–Kier alpha value is -3.19. The fraction of sp³-hybridized carbons (Fsp3) is 0.318. The number of piperazine rings is 1. The van der Waals surface area contributed by atoms with Gasteiger partial charge in [0, 0.05) is 44.5 Å². The maximum Gasteiger partial charge on any atom is 0.278 e. The van der Waals surface area contributed by atoms with Gasteiger partial charge in [-0.05, 0) is 42.8 Å². The van der Waals surface area contributed by atoms with Crippen molar-refractivity contribution in [2.24, 2.45) is 0 Å². The quantitative estimate of drug-likeness (QED) is 0.482. The third-order valence-electron chi connectivity index (χ3n) is 5.70. The zero-order chi connectivity index (χ0) is 20.4. The van der Waals surface area contributed by atoms with Crippen LogP contribution in [0.3, 0.4) is 0 Å². The molecule has 1 fully saturated rings. The first-order valence-corrected chi connectivity index (χ1v) is 9.73. The van der Waals surface area contributed by atoms with Crippen LogP contribution < -0.4 is 9.64 Å². The molecule has 7 heteroatoms. The van der Waals surface area contributed by atoms with Crippen LogP contribution in [-0.2, 0) is 0 Å². The average Bonchev–Trinajstić information content (AvgIpc) is 2.78. The summed E-state index contributed by atoms with van der Waals surface area (Å²) in [7, 11) is 1.69. The number of nitrogens with zero attached hydrogens (tertiary/aromatic N) is 4. The van der Waals surface area contributed by atoms with Gasteiger partial charge in [-0.2, -0.15) is 0 Å². The lowest BCUT2D eigenvalue weighted by Crippen LogP contribution is -2.47. The molecule has 0 radical (unpaired) electrons. The minimum Gasteiger partial charge on any atom is -0.497 e. The van der Waals surface area contributed by atoms with Crippen LogP contribution in [0.1, 0.15) is 18.5 Å². The molecule has 0 saturated carbocycles. The van der Waals surface area contributed by atoms with E-state index in [4.69, 9.17) is 4.74 Å². The molecule has 0 amide bonds. The van der Waals surface area contributed by atoms with Crippen LogP contribution in [0.15, 0.2) is 54.7 Å². The molecule has 0 N–H and O–H groups in total. The Labute approximate surface area is 169 Å². The van der Waals surface area contributed by atoms with E-state index in [9.17, 15) is 10.1 Å². The molecule has 1 aliphatic heterocycles. The third-order valence-corrected chi connectivity index (χ3v) is 5.70. The largest absolute Gasteiger partial charge is 0.497 e. The summed E-state index contributed by atoms with van der Waals surface area (Å²) in [4.78, 5) is 20.2. The van der Waals surface area contributed by atoms with Gasteiger partial charge in [-0.15, -0.1) is 0 Å². The van der Waals surface area contributed by atoms with Crippen molar-refractivity contribution >= 4 is 22.3 Å². The van der Waals surface area contributed by atoms with Crippen LogP contribution in [0, 0.1) is 10.1 Å². The summed E-state index contributed by atoms with van der Waals surface area (Å²) in [6.07, 6.45) is 1.69. The molecule has 1 atom stereocenters. The fourth-order valence-electron chi connectivity index (χ4n) is 4.02. The molecule has 1 saturated heterocycles. The van der Waals surface area contributed by atoms with Gasteiger partial charge in [-0.1, -0.05) is 12.1 Å². The van der Waals surface area contributed by atoms with Gasteiger partial charge < -0.3 is 9.64 Å². The minimum absolute atomic E-state index is 0.0992. The summed E-state index contributed by atoms with van der Waals surface area (Å²) in [6.45, 7) is 5.72. The Kier molecular flexibility index (Phi) is 5.31. The van der Waals surface area contributed by atoms with Gasteiger partial charge in [0.1, 0.15) is 11.3 Å². The van der Waals surface area contributed by atoms with Crippen molar-refractivity contribution in [3.05, 3.63) is 70.4 Å². The summed E-state index contributed by atoms with van der Waals surface area (Å²) in [5.74, 6) is 0.872. The third kappa shape index (κ3) is 3.73. The van der Waals surface area contributed by atoms with E-state index in [2.05, 4.69) is 33.8 Å². The van der Waals surface area contributed by atoms with Crippen LogP contribution >= 0.6 is 0 Å². The zero-order valence-electron chi connectivity index (χ0n) is 16.6. The molecule has 7 nitrogen and oxygen atoms in total. The molecular formula is C22H24N4O3. The van der Waals surface area contributed by atoms with Crippen molar-refractivity contribution in [2.45, 2.75) is 13.0 Å². The maximum absolute atomic E-state index is 11.3. The molecule has 0 aliphatic carbocycles. The summed E-state index contributed by atoms with van der Waals surface area (Å²) >= 11 is 0. The SMILES string of the molecule is COc1cccc(C(C)N2CCN(c3ccc([N+](=O)[O-])c4cccnc34)CC2)c1. The molecular weight excluding hydrogens is 368 g/mol. The van der Waals surface area contributed by atoms with Crippen molar-refractivity contribution < 1.29 is 9.66 Å². The van der Waals surface area contributed by atoms with Crippen molar-refractivity contribution in [1.29, 1.82) is 0 Å². The molecule has 1 aliphatic rings. The lowest BCUT2D eigenvalue weighted by molar-refractivity contribution is -0.383. The number of aromatic nitrogens is 1. The van der Waals surface area contributed by atoms with Gasteiger partial charge in [0.05, 0.1) is 23.1 Å². The number of nitro benzene ring substituents is 1. The Balaban J connectivity index is 1.53. The topological polar surface area (TPSA) is 71.7 Å². The number of nitro groups is 1. The highest BCUT2D eigenvalue weighted by Gasteiger charge is 2.25. The van der Waals surface area contributed by atoms with Gasteiger partial charge in [0.15, 0.2) is 0 Å². The van der Waals surface area contributed by atoms with E-state index in [1.807, 2.05) is 18.2 Å². The normalized spacial score (nSPS) is 16.0. The van der Waals surface area contributed by atoms with Crippen molar-refractivity contribution in [2.75, 3.05) is 38.2 Å². The number of rotatable bonds is 5. The first kappa shape index (κ1) is 19.1. The molecule has 3 aromatic rings. The predicted octanol–water partition coefficient (Wildman–Crippen LogP) is 4.03. The summed E-state index contributed by atoms with van der Waals surface area (Å²) < 4.78 is 5.35. The highest BCUT2D eigenvalue weighted by molar-refractivity contribution is 5.97. The van der Waals surface area contributed by atoms with Crippen LogP contribution in [0.25, 0.3) is 10.9 Å². The lowest BCUT2D eigenvalue weighted by Gasteiger charge is -2.39. The molecule has 2 aromatic carbocycles. The Morgan fingerprint density at radius 3 is 2.62 bits per heavy atom. The summed E-state index contributed by atoms with van der Waals surface area (Å²) in [5, 5.41) is 11.9. The monoisotopic (exact) mass is 392 g/mol. The summed E-state index contributed by atoms with van der Waals surface area (Å²) in [5.41, 5.74) is 2.98. The van der Waals surface area contributed by atoms with Crippen molar-refractivity contribution in [3.8, 4) is 5.75 Å².